The summed E-state index contributed by atoms with van der Waals surface area (Å²) in [6.45, 7) is 5.79. The van der Waals surface area contributed by atoms with Gasteiger partial charge in [0.15, 0.2) is 0 Å². The summed E-state index contributed by atoms with van der Waals surface area (Å²) in [7, 11) is 0. The van der Waals surface area contributed by atoms with Crippen LogP contribution in [0.3, 0.4) is 0 Å². The highest BCUT2D eigenvalue weighted by Gasteiger charge is 2.13. The lowest BCUT2D eigenvalue weighted by molar-refractivity contribution is 0.170. The highest BCUT2D eigenvalue weighted by Crippen LogP contribution is 2.24. The fourth-order valence-electron chi connectivity index (χ4n) is 0.826. The Labute approximate surface area is 70.9 Å². The van der Waals surface area contributed by atoms with Crippen molar-refractivity contribution in [1.82, 2.24) is 4.98 Å². The molecule has 1 heterocycles. The van der Waals surface area contributed by atoms with E-state index in [1.807, 2.05) is 20.0 Å². The minimum Gasteiger partial charge on any atom is -0.393 e. The van der Waals surface area contributed by atoms with Crippen molar-refractivity contribution in [2.45, 2.75) is 32.8 Å². The minimum absolute atomic E-state index is 0.209. The van der Waals surface area contributed by atoms with E-state index in [1.54, 1.807) is 18.3 Å². The summed E-state index contributed by atoms with van der Waals surface area (Å²) in [5.41, 5.74) is 0. The summed E-state index contributed by atoms with van der Waals surface area (Å²) in [6.07, 6.45) is 1.56. The van der Waals surface area contributed by atoms with E-state index in [2.05, 4.69) is 4.98 Å². The van der Waals surface area contributed by atoms with Crippen molar-refractivity contribution in [1.29, 1.82) is 0 Å². The van der Waals surface area contributed by atoms with Gasteiger partial charge in [0.05, 0.1) is 11.1 Å². The predicted octanol–water partition coefficient (Wildman–Crippen LogP) is 1.94. The number of hydrogen-bond acceptors (Lipinski definition) is 3. The van der Waals surface area contributed by atoms with E-state index in [0.29, 0.717) is 0 Å². The first-order valence-electron chi connectivity index (χ1n) is 3.71. The normalized spacial score (nSPS) is 16.4. The van der Waals surface area contributed by atoms with Crippen LogP contribution in [-0.4, -0.2) is 16.2 Å². The Balaban J connectivity index is 2.76. The van der Waals surface area contributed by atoms with E-state index < -0.39 is 0 Å². The van der Waals surface area contributed by atoms with Crippen LogP contribution in [0.1, 0.15) is 29.7 Å². The van der Waals surface area contributed by atoms with E-state index in [-0.39, 0.29) is 12.0 Å². The van der Waals surface area contributed by atoms with Crippen molar-refractivity contribution >= 4 is 11.3 Å². The van der Waals surface area contributed by atoms with Crippen LogP contribution < -0.4 is 0 Å². The number of aliphatic hydroxyl groups is 1. The number of hydrogen-bond donors (Lipinski definition) is 1. The van der Waals surface area contributed by atoms with Gasteiger partial charge in [-0.1, -0.05) is 6.92 Å². The van der Waals surface area contributed by atoms with Crippen molar-refractivity contribution in [3.63, 3.8) is 0 Å². The molecule has 0 aromatic carbocycles. The summed E-state index contributed by atoms with van der Waals surface area (Å²) in [6, 6.07) is 0. The molecular weight excluding hydrogens is 158 g/mol. The Hall–Kier alpha value is -0.410. The molecule has 0 aliphatic heterocycles. The molecule has 2 atom stereocenters. The third-order valence-corrected chi connectivity index (χ3v) is 2.93. The number of aliphatic hydroxyl groups excluding tert-OH is 1. The number of rotatable bonds is 2. The molecule has 0 amide bonds. The molecule has 1 N–H and O–H groups in total. The number of thiazole rings is 1. The molecule has 0 spiro atoms. The zero-order chi connectivity index (χ0) is 8.43. The average Bonchev–Trinajstić information content (AvgIpc) is 2.34. The van der Waals surface area contributed by atoms with Crippen LogP contribution in [0.4, 0.5) is 0 Å². The first kappa shape index (κ1) is 8.68. The number of nitrogens with zero attached hydrogens (tertiary/aromatic N) is 1. The molecule has 0 aliphatic rings. The molecule has 0 bridgehead atoms. The van der Waals surface area contributed by atoms with Crippen LogP contribution in [-0.2, 0) is 0 Å². The second kappa shape index (κ2) is 3.32. The molecule has 0 saturated carbocycles. The third kappa shape index (κ3) is 2.01. The van der Waals surface area contributed by atoms with Crippen molar-refractivity contribution in [3.8, 4) is 0 Å². The van der Waals surface area contributed by atoms with Gasteiger partial charge in [-0.15, -0.1) is 11.3 Å². The van der Waals surface area contributed by atoms with Crippen molar-refractivity contribution in [2.24, 2.45) is 0 Å². The van der Waals surface area contributed by atoms with Gasteiger partial charge in [0.25, 0.3) is 0 Å². The smallest absolute Gasteiger partial charge is 0.0896 e. The topological polar surface area (TPSA) is 33.1 Å². The van der Waals surface area contributed by atoms with Gasteiger partial charge in [-0.3, -0.25) is 0 Å². The molecule has 1 aromatic rings. The lowest BCUT2D eigenvalue weighted by Gasteiger charge is -2.10. The van der Waals surface area contributed by atoms with Crippen molar-refractivity contribution in [2.75, 3.05) is 0 Å². The second-order valence-electron chi connectivity index (χ2n) is 2.81. The molecule has 1 aromatic heterocycles. The van der Waals surface area contributed by atoms with Gasteiger partial charge in [0.1, 0.15) is 0 Å². The molecule has 0 radical (unpaired) electrons. The second-order valence-corrected chi connectivity index (χ2v) is 4.08. The quantitative estimate of drug-likeness (QED) is 0.737. The van der Waals surface area contributed by atoms with Crippen LogP contribution in [0.15, 0.2) is 6.20 Å². The highest BCUT2D eigenvalue weighted by atomic mass is 32.1. The fraction of sp³-hybridized carbons (Fsp3) is 0.625. The SMILES string of the molecule is Cc1ncc(C(C)C(C)O)s1. The molecule has 1 rings (SSSR count). The maximum atomic E-state index is 9.26. The van der Waals surface area contributed by atoms with Crippen LogP contribution in [0.2, 0.25) is 0 Å². The molecule has 62 valence electrons. The lowest BCUT2D eigenvalue weighted by Crippen LogP contribution is -2.09. The van der Waals surface area contributed by atoms with Gasteiger partial charge in [-0.2, -0.15) is 0 Å². The molecule has 3 heteroatoms. The Morgan fingerprint density at radius 2 is 2.18 bits per heavy atom. The first-order valence-corrected chi connectivity index (χ1v) is 4.53. The maximum absolute atomic E-state index is 9.26. The van der Waals surface area contributed by atoms with Crippen LogP contribution in [0, 0.1) is 6.92 Å². The first-order chi connectivity index (χ1) is 5.11. The number of aromatic nitrogens is 1. The Bertz CT molecular complexity index is 232. The fourth-order valence-corrected chi connectivity index (χ4v) is 1.76. The van der Waals surface area contributed by atoms with E-state index in [4.69, 9.17) is 0 Å². The van der Waals surface area contributed by atoms with Crippen LogP contribution in [0.5, 0.6) is 0 Å². The maximum Gasteiger partial charge on any atom is 0.0896 e. The molecule has 11 heavy (non-hydrogen) atoms. The van der Waals surface area contributed by atoms with Gasteiger partial charge >= 0.3 is 0 Å². The van der Waals surface area contributed by atoms with Crippen LogP contribution >= 0.6 is 11.3 Å². The molecule has 2 nitrogen and oxygen atoms in total. The highest BCUT2D eigenvalue weighted by molar-refractivity contribution is 7.11. The summed E-state index contributed by atoms with van der Waals surface area (Å²) < 4.78 is 0. The van der Waals surface area contributed by atoms with Crippen molar-refractivity contribution in [3.05, 3.63) is 16.1 Å². The lowest BCUT2D eigenvalue weighted by atomic mass is 10.1. The average molecular weight is 171 g/mol. The van der Waals surface area contributed by atoms with E-state index in [9.17, 15) is 5.11 Å². The third-order valence-electron chi connectivity index (χ3n) is 1.81. The van der Waals surface area contributed by atoms with E-state index in [0.717, 1.165) is 9.88 Å². The molecule has 2 unspecified atom stereocenters. The summed E-state index contributed by atoms with van der Waals surface area (Å²) in [4.78, 5) is 5.29. The minimum atomic E-state index is -0.283. The Morgan fingerprint density at radius 1 is 1.55 bits per heavy atom. The standard InChI is InChI=1S/C8H13NOS/c1-5(6(2)10)8-4-9-7(3)11-8/h4-6,10H,1-3H3. The van der Waals surface area contributed by atoms with Crippen molar-refractivity contribution < 1.29 is 5.11 Å². The Kier molecular flexibility index (Phi) is 2.62. The zero-order valence-electron chi connectivity index (χ0n) is 7.03. The van der Waals surface area contributed by atoms with E-state index in [1.165, 1.54) is 0 Å². The monoisotopic (exact) mass is 171 g/mol. The summed E-state index contributed by atoms with van der Waals surface area (Å²) >= 11 is 1.65. The van der Waals surface area contributed by atoms with Gasteiger partial charge in [0.2, 0.25) is 0 Å². The van der Waals surface area contributed by atoms with Gasteiger partial charge in [-0.05, 0) is 13.8 Å². The molecule has 0 aliphatic carbocycles. The Morgan fingerprint density at radius 3 is 2.55 bits per heavy atom. The van der Waals surface area contributed by atoms with Gasteiger partial charge in [0, 0.05) is 17.0 Å². The molecular formula is C8H13NOS. The predicted molar refractivity (Wildman–Crippen MR) is 46.9 cm³/mol. The number of aryl methyl sites for hydroxylation is 1. The zero-order valence-corrected chi connectivity index (χ0v) is 7.85. The van der Waals surface area contributed by atoms with Gasteiger partial charge < -0.3 is 5.11 Å². The summed E-state index contributed by atoms with van der Waals surface area (Å²) in [5.74, 6) is 0.209. The molecule has 0 fully saturated rings. The molecule has 0 saturated heterocycles. The van der Waals surface area contributed by atoms with Crippen LogP contribution in [0.25, 0.3) is 0 Å². The van der Waals surface area contributed by atoms with Gasteiger partial charge in [-0.25, -0.2) is 4.98 Å². The largest absolute Gasteiger partial charge is 0.393 e. The summed E-state index contributed by atoms with van der Waals surface area (Å²) in [5, 5.41) is 10.3. The van der Waals surface area contributed by atoms with E-state index >= 15 is 0 Å².